The normalized spacial score (nSPS) is 14.4. The summed E-state index contributed by atoms with van der Waals surface area (Å²) in [5, 5.41) is 0. The monoisotopic (exact) mass is 258 g/mol. The first-order chi connectivity index (χ1) is 6.45. The van der Waals surface area contributed by atoms with Gasteiger partial charge in [0.1, 0.15) is 12.8 Å². The summed E-state index contributed by atoms with van der Waals surface area (Å²) in [6.07, 6.45) is -1.40. The van der Waals surface area contributed by atoms with Crippen LogP contribution in [0.1, 0.15) is 0 Å². The minimum Gasteiger partial charge on any atom is -0.441 e. The van der Waals surface area contributed by atoms with E-state index in [4.69, 9.17) is 8.23 Å². The van der Waals surface area contributed by atoms with Crippen molar-refractivity contribution in [2.45, 2.75) is 38.4 Å². The lowest BCUT2D eigenvalue weighted by Crippen LogP contribution is -2.35. The molecule has 0 aromatic heterocycles. The summed E-state index contributed by atoms with van der Waals surface area (Å²) in [6.45, 7) is 7.17. The molecule has 0 rings (SSSR count). The van der Waals surface area contributed by atoms with Crippen LogP contribution in [0, 0.1) is 0 Å². The Morgan fingerprint density at radius 1 is 1.07 bits per heavy atom. The molecular weight excluding hydrogens is 238 g/mol. The number of alkyl halides is 2. The van der Waals surface area contributed by atoms with Gasteiger partial charge in [0, 0.05) is 6.04 Å². The molecule has 14 heavy (non-hydrogen) atoms. The second-order valence-electron chi connectivity index (χ2n) is 3.79. The van der Waals surface area contributed by atoms with Crippen LogP contribution in [-0.2, 0) is 8.23 Å². The van der Waals surface area contributed by atoms with Crippen molar-refractivity contribution in [3.8, 4) is 0 Å². The quantitative estimate of drug-likeness (QED) is 0.645. The molecule has 0 aromatic rings. The Morgan fingerprint density at radius 2 is 1.50 bits per heavy atom. The van der Waals surface area contributed by atoms with E-state index in [1.54, 1.807) is 0 Å². The third-order valence-electron chi connectivity index (χ3n) is 1.46. The largest absolute Gasteiger partial charge is 0.441 e. The molecule has 0 aliphatic heterocycles. The van der Waals surface area contributed by atoms with Crippen molar-refractivity contribution in [2.75, 3.05) is 6.67 Å². The lowest BCUT2D eigenvalue weighted by molar-refractivity contribution is 0.267. The Hall–Kier alpha value is 0.431. The molecule has 0 amide bonds. The van der Waals surface area contributed by atoms with Crippen LogP contribution in [0.2, 0.25) is 32.2 Å². The van der Waals surface area contributed by atoms with E-state index in [-0.39, 0.29) is 6.04 Å². The molecule has 7 heteroatoms. The molecule has 0 saturated heterocycles. The smallest absolute Gasteiger partial charge is 0.303 e. The molecule has 0 aromatic carbocycles. The molecule has 0 radical (unpaired) electrons. The van der Waals surface area contributed by atoms with Crippen LogP contribution in [0.4, 0.5) is 8.78 Å². The van der Waals surface area contributed by atoms with Gasteiger partial charge in [-0.15, -0.1) is 0 Å². The molecule has 2 nitrogen and oxygen atoms in total. The molecule has 86 valence electrons. The van der Waals surface area contributed by atoms with Gasteiger partial charge in [0.2, 0.25) is 0 Å². The minimum absolute atomic E-state index is 0.160. The van der Waals surface area contributed by atoms with E-state index in [1.807, 2.05) is 26.2 Å². The maximum absolute atomic E-state index is 12.8. The third kappa shape index (κ3) is 7.80. The molecular formula is C7H20F2O2Si3. The number of hydrogen-bond donors (Lipinski definition) is 0. The first-order valence-corrected chi connectivity index (χ1v) is 12.3. The summed E-state index contributed by atoms with van der Waals surface area (Å²) in [6, 6.07) is 0.160. The van der Waals surface area contributed by atoms with E-state index in [1.165, 1.54) is 0 Å². The van der Waals surface area contributed by atoms with Gasteiger partial charge in [0.25, 0.3) is 0 Å². The Kier molecular flexibility index (Phi) is 7.92. The molecule has 0 spiro atoms. The predicted octanol–water partition coefficient (Wildman–Crippen LogP) is 1.51. The Morgan fingerprint density at radius 3 is 1.79 bits per heavy atom. The second kappa shape index (κ2) is 7.69. The maximum atomic E-state index is 12.8. The summed E-state index contributed by atoms with van der Waals surface area (Å²) in [5.74, 6) is 0. The fourth-order valence-electron chi connectivity index (χ4n) is 1.02. The van der Waals surface area contributed by atoms with Crippen LogP contribution in [-0.4, -0.2) is 40.2 Å². The van der Waals surface area contributed by atoms with Crippen LogP contribution in [0.25, 0.3) is 0 Å². The highest BCUT2D eigenvalue weighted by Gasteiger charge is 2.22. The zero-order chi connectivity index (χ0) is 11.1. The van der Waals surface area contributed by atoms with Crippen molar-refractivity contribution in [2.24, 2.45) is 0 Å². The summed E-state index contributed by atoms with van der Waals surface area (Å²) < 4.78 is 36.0. The second-order valence-corrected chi connectivity index (χ2v) is 11.5. The van der Waals surface area contributed by atoms with Crippen LogP contribution in [0.15, 0.2) is 0 Å². The molecule has 0 N–H and O–H groups in total. The maximum Gasteiger partial charge on any atom is 0.303 e. The number of halogens is 2. The van der Waals surface area contributed by atoms with Gasteiger partial charge < -0.3 is 8.23 Å². The molecule has 1 atom stereocenters. The molecule has 0 fully saturated rings. The Balaban J connectivity index is 3.96. The zero-order valence-corrected chi connectivity index (χ0v) is 12.8. The SMILES string of the molecule is C[SiH](C)O[SiH](CC(F)CF)O[SiH](C)C. The molecule has 0 bridgehead atoms. The Bertz CT molecular complexity index is 139. The van der Waals surface area contributed by atoms with E-state index in [0.717, 1.165) is 0 Å². The lowest BCUT2D eigenvalue weighted by atomic mass is 10.5. The van der Waals surface area contributed by atoms with Crippen molar-refractivity contribution < 1.29 is 17.0 Å². The van der Waals surface area contributed by atoms with Crippen molar-refractivity contribution >= 4 is 27.4 Å². The highest BCUT2D eigenvalue weighted by Crippen LogP contribution is 2.09. The van der Waals surface area contributed by atoms with E-state index in [0.29, 0.717) is 0 Å². The first kappa shape index (κ1) is 14.4. The van der Waals surface area contributed by atoms with E-state index < -0.39 is 40.2 Å². The molecule has 0 aliphatic rings. The summed E-state index contributed by atoms with van der Waals surface area (Å²) >= 11 is 0. The molecule has 0 aliphatic carbocycles. The topological polar surface area (TPSA) is 18.5 Å². The zero-order valence-electron chi connectivity index (χ0n) is 9.30. The first-order valence-electron chi connectivity index (χ1n) is 4.96. The van der Waals surface area contributed by atoms with E-state index >= 15 is 0 Å². The van der Waals surface area contributed by atoms with Gasteiger partial charge >= 0.3 is 9.28 Å². The minimum atomic E-state index is -1.92. The van der Waals surface area contributed by atoms with Gasteiger partial charge in [-0.3, -0.25) is 0 Å². The van der Waals surface area contributed by atoms with Gasteiger partial charge in [-0.05, 0) is 26.2 Å². The van der Waals surface area contributed by atoms with Crippen molar-refractivity contribution in [1.29, 1.82) is 0 Å². The van der Waals surface area contributed by atoms with Crippen LogP contribution in [0.5, 0.6) is 0 Å². The summed E-state index contributed by atoms with van der Waals surface area (Å²) in [4.78, 5) is 0. The van der Waals surface area contributed by atoms with E-state index in [2.05, 4.69) is 0 Å². The van der Waals surface area contributed by atoms with Crippen molar-refractivity contribution in [1.82, 2.24) is 0 Å². The predicted molar refractivity (Wildman–Crippen MR) is 62.8 cm³/mol. The van der Waals surface area contributed by atoms with Crippen LogP contribution >= 0.6 is 0 Å². The van der Waals surface area contributed by atoms with Gasteiger partial charge in [0.05, 0.1) is 0 Å². The van der Waals surface area contributed by atoms with Crippen molar-refractivity contribution in [3.63, 3.8) is 0 Å². The summed E-state index contributed by atoms with van der Waals surface area (Å²) in [5.41, 5.74) is 0. The van der Waals surface area contributed by atoms with Gasteiger partial charge in [-0.25, -0.2) is 8.78 Å². The number of hydrogen-bond acceptors (Lipinski definition) is 2. The van der Waals surface area contributed by atoms with Gasteiger partial charge in [0.15, 0.2) is 18.1 Å². The average molecular weight is 258 g/mol. The summed E-state index contributed by atoms with van der Waals surface area (Å²) in [7, 11) is -4.29. The molecule has 0 saturated carbocycles. The molecule has 1 unspecified atom stereocenters. The van der Waals surface area contributed by atoms with Crippen LogP contribution in [0.3, 0.4) is 0 Å². The fraction of sp³-hybridized carbons (Fsp3) is 1.00. The lowest BCUT2D eigenvalue weighted by Gasteiger charge is -2.22. The highest BCUT2D eigenvalue weighted by molar-refractivity contribution is 6.67. The highest BCUT2D eigenvalue weighted by atomic mass is 28.4. The van der Waals surface area contributed by atoms with Crippen molar-refractivity contribution in [3.05, 3.63) is 0 Å². The van der Waals surface area contributed by atoms with Gasteiger partial charge in [-0.1, -0.05) is 0 Å². The average Bonchev–Trinajstić information content (AvgIpc) is 2.01. The van der Waals surface area contributed by atoms with Gasteiger partial charge in [-0.2, -0.15) is 0 Å². The van der Waals surface area contributed by atoms with Crippen LogP contribution < -0.4 is 0 Å². The number of rotatable bonds is 7. The van der Waals surface area contributed by atoms with E-state index in [9.17, 15) is 8.78 Å². The Labute approximate surface area is 89.9 Å². The molecule has 0 heterocycles. The standard InChI is InChI=1S/C7H20F2O2Si3/c1-12(2)10-14(11-13(3)4)6-7(9)5-8/h7,12-14H,5-6H2,1-4H3. The fourth-order valence-corrected chi connectivity index (χ4v) is 8.15. The third-order valence-corrected chi connectivity index (χ3v) is 9.14.